The maximum Gasteiger partial charge on any atom is 0.196 e. The van der Waals surface area contributed by atoms with E-state index in [0.717, 1.165) is 6.07 Å². The van der Waals surface area contributed by atoms with Gasteiger partial charge in [0.05, 0.1) is 29.9 Å². The zero-order valence-electron chi connectivity index (χ0n) is 11.4. The number of carbonyl (C=O) groups is 1. The molecule has 2 aromatic carbocycles. The molecule has 0 aliphatic rings. The number of hydrogen-bond donors (Lipinski definition) is 1. The summed E-state index contributed by atoms with van der Waals surface area (Å²) < 4.78 is 23.9. The lowest BCUT2D eigenvalue weighted by Gasteiger charge is -2.11. The molecule has 110 valence electrons. The predicted octanol–water partition coefficient (Wildman–Crippen LogP) is 3.42. The fraction of sp³-hybridized carbons (Fsp3) is 0.133. The Hall–Kier alpha value is -2.08. The number of nitrogens with two attached hydrogens (primary N) is 1. The highest BCUT2D eigenvalue weighted by atomic mass is 79.9. The molecule has 0 aliphatic heterocycles. The van der Waals surface area contributed by atoms with Crippen LogP contribution in [0.5, 0.6) is 11.5 Å². The Morgan fingerprint density at radius 2 is 1.81 bits per heavy atom. The zero-order valence-corrected chi connectivity index (χ0v) is 13.0. The topological polar surface area (TPSA) is 61.5 Å². The molecule has 0 aliphatic carbocycles. The summed E-state index contributed by atoms with van der Waals surface area (Å²) in [7, 11) is 2.85. The van der Waals surface area contributed by atoms with Crippen LogP contribution in [0, 0.1) is 5.82 Å². The maximum atomic E-state index is 13.5. The molecular formula is C15H13BrFNO3. The molecule has 21 heavy (non-hydrogen) atoms. The van der Waals surface area contributed by atoms with Crippen molar-refractivity contribution in [3.05, 3.63) is 51.7 Å². The Morgan fingerprint density at radius 1 is 1.14 bits per heavy atom. The van der Waals surface area contributed by atoms with Gasteiger partial charge in [0.2, 0.25) is 0 Å². The molecule has 0 saturated heterocycles. The highest BCUT2D eigenvalue weighted by Gasteiger charge is 2.18. The molecule has 0 unspecified atom stereocenters. The van der Waals surface area contributed by atoms with Gasteiger partial charge in [0.25, 0.3) is 0 Å². The number of methoxy groups -OCH3 is 2. The molecule has 0 spiro atoms. The quantitative estimate of drug-likeness (QED) is 0.675. The van der Waals surface area contributed by atoms with Crippen LogP contribution in [0.25, 0.3) is 0 Å². The normalized spacial score (nSPS) is 10.3. The number of carbonyl (C=O) groups excluding carboxylic acids is 1. The summed E-state index contributed by atoms with van der Waals surface area (Å²) in [5.41, 5.74) is 6.77. The first kappa shape index (κ1) is 15.3. The molecule has 4 nitrogen and oxygen atoms in total. The van der Waals surface area contributed by atoms with Crippen LogP contribution in [0.1, 0.15) is 15.9 Å². The van der Waals surface area contributed by atoms with E-state index in [0.29, 0.717) is 17.0 Å². The Labute approximate surface area is 129 Å². The second-order valence-corrected chi connectivity index (χ2v) is 5.11. The summed E-state index contributed by atoms with van der Waals surface area (Å²) in [5.74, 6) is -0.248. The van der Waals surface area contributed by atoms with Crippen molar-refractivity contribution in [1.29, 1.82) is 0 Å². The predicted molar refractivity (Wildman–Crippen MR) is 81.5 cm³/mol. The van der Waals surface area contributed by atoms with E-state index in [1.54, 1.807) is 12.1 Å². The molecule has 2 rings (SSSR count). The van der Waals surface area contributed by atoms with Crippen molar-refractivity contribution in [3.63, 3.8) is 0 Å². The molecule has 0 bridgehead atoms. The Morgan fingerprint density at radius 3 is 2.43 bits per heavy atom. The number of anilines is 1. The van der Waals surface area contributed by atoms with Gasteiger partial charge < -0.3 is 15.2 Å². The molecule has 2 N–H and O–H groups in total. The lowest BCUT2D eigenvalue weighted by Crippen LogP contribution is -2.06. The van der Waals surface area contributed by atoms with Crippen molar-refractivity contribution in [2.24, 2.45) is 0 Å². The van der Waals surface area contributed by atoms with Crippen LogP contribution in [-0.4, -0.2) is 20.0 Å². The molecule has 6 heteroatoms. The van der Waals surface area contributed by atoms with E-state index in [2.05, 4.69) is 15.9 Å². The highest BCUT2D eigenvalue weighted by Crippen LogP contribution is 2.30. The van der Waals surface area contributed by atoms with Crippen molar-refractivity contribution in [2.45, 2.75) is 0 Å². The molecule has 2 aromatic rings. The largest absolute Gasteiger partial charge is 0.496 e. The molecule has 0 atom stereocenters. The number of nitrogen functional groups attached to an aromatic ring is 1. The summed E-state index contributed by atoms with van der Waals surface area (Å²) in [6, 6.07) is 7.24. The van der Waals surface area contributed by atoms with Gasteiger partial charge in [-0.3, -0.25) is 4.79 Å². The monoisotopic (exact) mass is 353 g/mol. The molecule has 0 fully saturated rings. The lowest BCUT2D eigenvalue weighted by molar-refractivity contribution is 0.103. The van der Waals surface area contributed by atoms with Gasteiger partial charge in [-0.1, -0.05) is 0 Å². The van der Waals surface area contributed by atoms with E-state index in [9.17, 15) is 9.18 Å². The fourth-order valence-electron chi connectivity index (χ4n) is 1.88. The Balaban J connectivity index is 2.52. The van der Waals surface area contributed by atoms with Crippen LogP contribution in [0.2, 0.25) is 0 Å². The third kappa shape index (κ3) is 3.00. The second-order valence-electron chi connectivity index (χ2n) is 4.25. The first-order valence-corrected chi connectivity index (χ1v) is 6.78. The fourth-order valence-corrected chi connectivity index (χ4v) is 2.23. The van der Waals surface area contributed by atoms with Gasteiger partial charge in [-0.15, -0.1) is 0 Å². The SMILES string of the molecule is COc1cc(C(=O)c2cc(Br)c(F)cc2OC)ccc1N. The van der Waals surface area contributed by atoms with Crippen LogP contribution >= 0.6 is 15.9 Å². The molecule has 0 saturated carbocycles. The summed E-state index contributed by atoms with van der Waals surface area (Å²) in [6.45, 7) is 0. The van der Waals surface area contributed by atoms with E-state index in [1.165, 1.54) is 26.4 Å². The maximum absolute atomic E-state index is 13.5. The van der Waals surface area contributed by atoms with Gasteiger partial charge >= 0.3 is 0 Å². The van der Waals surface area contributed by atoms with Crippen molar-refractivity contribution < 1.29 is 18.7 Å². The minimum absolute atomic E-state index is 0.163. The number of ketones is 1. The zero-order chi connectivity index (χ0) is 15.6. The third-order valence-electron chi connectivity index (χ3n) is 2.98. The standard InChI is InChI=1S/C15H13BrFNO3/c1-20-13-7-11(17)10(16)6-9(13)15(19)8-3-4-12(18)14(5-8)21-2/h3-7H,18H2,1-2H3. The number of ether oxygens (including phenoxy) is 2. The van der Waals surface area contributed by atoms with Crippen molar-refractivity contribution in [3.8, 4) is 11.5 Å². The second kappa shape index (κ2) is 6.13. The van der Waals surface area contributed by atoms with Crippen LogP contribution < -0.4 is 15.2 Å². The summed E-state index contributed by atoms with van der Waals surface area (Å²) in [5, 5.41) is 0. The lowest BCUT2D eigenvalue weighted by atomic mass is 10.0. The van der Waals surface area contributed by atoms with E-state index in [-0.39, 0.29) is 21.6 Å². The Bertz CT molecular complexity index is 704. The number of rotatable bonds is 4. The van der Waals surface area contributed by atoms with Crippen molar-refractivity contribution in [1.82, 2.24) is 0 Å². The van der Waals surface area contributed by atoms with Gasteiger partial charge in [-0.05, 0) is 40.2 Å². The van der Waals surface area contributed by atoms with Crippen molar-refractivity contribution in [2.75, 3.05) is 20.0 Å². The van der Waals surface area contributed by atoms with Gasteiger partial charge in [0.1, 0.15) is 17.3 Å². The van der Waals surface area contributed by atoms with Gasteiger partial charge in [0, 0.05) is 11.6 Å². The minimum atomic E-state index is -0.502. The average Bonchev–Trinajstić information content (AvgIpc) is 2.49. The van der Waals surface area contributed by atoms with Gasteiger partial charge in [-0.25, -0.2) is 4.39 Å². The molecule has 0 amide bonds. The van der Waals surface area contributed by atoms with Crippen LogP contribution in [0.3, 0.4) is 0 Å². The van der Waals surface area contributed by atoms with Crippen LogP contribution in [-0.2, 0) is 0 Å². The van der Waals surface area contributed by atoms with Crippen LogP contribution in [0.4, 0.5) is 10.1 Å². The molecular weight excluding hydrogens is 341 g/mol. The minimum Gasteiger partial charge on any atom is -0.496 e. The Kier molecular flexibility index (Phi) is 4.47. The highest BCUT2D eigenvalue weighted by molar-refractivity contribution is 9.10. The molecule has 0 heterocycles. The first-order chi connectivity index (χ1) is 9.97. The number of benzene rings is 2. The van der Waals surface area contributed by atoms with Crippen molar-refractivity contribution >= 4 is 27.4 Å². The van der Waals surface area contributed by atoms with E-state index < -0.39 is 5.82 Å². The summed E-state index contributed by atoms with van der Waals surface area (Å²) in [6.07, 6.45) is 0. The first-order valence-electron chi connectivity index (χ1n) is 5.99. The smallest absolute Gasteiger partial charge is 0.196 e. The third-order valence-corrected chi connectivity index (χ3v) is 3.59. The van der Waals surface area contributed by atoms with Gasteiger partial charge in [-0.2, -0.15) is 0 Å². The summed E-state index contributed by atoms with van der Waals surface area (Å²) >= 11 is 3.06. The van der Waals surface area contributed by atoms with E-state index in [4.69, 9.17) is 15.2 Å². The van der Waals surface area contributed by atoms with Gasteiger partial charge in [0.15, 0.2) is 5.78 Å². The number of halogens is 2. The van der Waals surface area contributed by atoms with E-state index >= 15 is 0 Å². The molecule has 0 radical (unpaired) electrons. The van der Waals surface area contributed by atoms with E-state index in [1.807, 2.05) is 0 Å². The summed E-state index contributed by atoms with van der Waals surface area (Å²) in [4.78, 5) is 12.5. The average molecular weight is 354 g/mol. The number of hydrogen-bond acceptors (Lipinski definition) is 4. The molecule has 0 aromatic heterocycles. The van der Waals surface area contributed by atoms with Crippen LogP contribution in [0.15, 0.2) is 34.8 Å².